The third-order valence-electron chi connectivity index (χ3n) is 2.62. The highest BCUT2D eigenvalue weighted by atomic mass is 32.2. The molecule has 1 aliphatic rings. The quantitative estimate of drug-likeness (QED) is 0.693. The van der Waals surface area contributed by atoms with E-state index in [0.29, 0.717) is 13.2 Å². The molecular formula is C11H21NO3S. The molecule has 1 amide bonds. The summed E-state index contributed by atoms with van der Waals surface area (Å²) < 4.78 is 11.1. The van der Waals surface area contributed by atoms with Crippen LogP contribution in [-0.2, 0) is 13.7 Å². The lowest BCUT2D eigenvalue weighted by Crippen LogP contribution is -2.36. The van der Waals surface area contributed by atoms with Crippen LogP contribution >= 0.6 is 12.0 Å². The zero-order valence-corrected chi connectivity index (χ0v) is 11.3. The Kier molecular flexibility index (Phi) is 5.58. The number of amides is 1. The first kappa shape index (κ1) is 13.8. The minimum atomic E-state index is 0.101. The van der Waals surface area contributed by atoms with E-state index in [0.717, 1.165) is 6.42 Å². The summed E-state index contributed by atoms with van der Waals surface area (Å²) in [4.78, 5) is 13.3. The zero-order valence-electron chi connectivity index (χ0n) is 10.4. The molecule has 0 aromatic carbocycles. The minimum absolute atomic E-state index is 0.101. The van der Waals surface area contributed by atoms with Crippen molar-refractivity contribution in [3.8, 4) is 0 Å². The molecule has 0 N–H and O–H groups in total. The molecule has 94 valence electrons. The lowest BCUT2D eigenvalue weighted by atomic mass is 10.2. The van der Waals surface area contributed by atoms with E-state index < -0.39 is 0 Å². The predicted octanol–water partition coefficient (Wildman–Crippen LogP) is 1.70. The average molecular weight is 247 g/mol. The van der Waals surface area contributed by atoms with E-state index >= 15 is 0 Å². The third kappa shape index (κ3) is 3.96. The van der Waals surface area contributed by atoms with Crippen molar-refractivity contribution in [3.63, 3.8) is 0 Å². The number of hydrogen-bond donors (Lipinski definition) is 0. The van der Waals surface area contributed by atoms with Gasteiger partial charge in [-0.15, -0.1) is 0 Å². The second-order valence-corrected chi connectivity index (χ2v) is 4.89. The molecule has 0 aliphatic carbocycles. The standard InChI is InChI=1S/C11H21NO3S/c1-8(2)15-11-5-10(7-14-16-4)12(6-11)9(3)13/h8,10-11H,5-7H2,1-4H3/t10-,11+/m0/s1. The molecule has 0 bridgehead atoms. The highest BCUT2D eigenvalue weighted by Crippen LogP contribution is 2.22. The summed E-state index contributed by atoms with van der Waals surface area (Å²) in [6.07, 6.45) is 3.12. The van der Waals surface area contributed by atoms with Crippen LogP contribution < -0.4 is 0 Å². The van der Waals surface area contributed by atoms with E-state index in [1.807, 2.05) is 25.0 Å². The van der Waals surface area contributed by atoms with Crippen LogP contribution in [-0.4, -0.2) is 48.5 Å². The molecule has 0 saturated carbocycles. The van der Waals surface area contributed by atoms with Crippen molar-refractivity contribution in [2.45, 2.75) is 45.4 Å². The Morgan fingerprint density at radius 1 is 1.56 bits per heavy atom. The molecule has 1 rings (SSSR count). The monoisotopic (exact) mass is 247 g/mol. The van der Waals surface area contributed by atoms with Crippen LogP contribution in [0.5, 0.6) is 0 Å². The highest BCUT2D eigenvalue weighted by molar-refractivity contribution is 7.93. The van der Waals surface area contributed by atoms with Gasteiger partial charge in [0.05, 0.1) is 24.9 Å². The van der Waals surface area contributed by atoms with Gasteiger partial charge in [0.2, 0.25) is 5.91 Å². The molecule has 4 nitrogen and oxygen atoms in total. The van der Waals surface area contributed by atoms with Crippen LogP contribution in [0.4, 0.5) is 0 Å². The van der Waals surface area contributed by atoms with Crippen molar-refractivity contribution in [1.82, 2.24) is 4.90 Å². The van der Waals surface area contributed by atoms with E-state index in [1.165, 1.54) is 12.0 Å². The maximum absolute atomic E-state index is 11.5. The zero-order chi connectivity index (χ0) is 12.1. The van der Waals surface area contributed by atoms with Gasteiger partial charge in [0.25, 0.3) is 0 Å². The van der Waals surface area contributed by atoms with Crippen molar-refractivity contribution in [2.24, 2.45) is 0 Å². The fourth-order valence-electron chi connectivity index (χ4n) is 2.05. The van der Waals surface area contributed by atoms with Gasteiger partial charge in [-0.3, -0.25) is 4.79 Å². The minimum Gasteiger partial charge on any atom is -0.374 e. The molecule has 1 heterocycles. The van der Waals surface area contributed by atoms with Gasteiger partial charge in [-0.25, -0.2) is 0 Å². The van der Waals surface area contributed by atoms with E-state index in [9.17, 15) is 4.79 Å². The molecule has 16 heavy (non-hydrogen) atoms. The van der Waals surface area contributed by atoms with E-state index in [1.54, 1.807) is 6.92 Å². The van der Waals surface area contributed by atoms with Gasteiger partial charge in [0.1, 0.15) is 0 Å². The Morgan fingerprint density at radius 2 is 2.25 bits per heavy atom. The van der Waals surface area contributed by atoms with Gasteiger partial charge in [0, 0.05) is 19.7 Å². The molecule has 1 fully saturated rings. The number of likely N-dealkylation sites (tertiary alicyclic amines) is 1. The first-order valence-electron chi connectivity index (χ1n) is 5.62. The molecule has 1 saturated heterocycles. The topological polar surface area (TPSA) is 38.8 Å². The second kappa shape index (κ2) is 6.47. The maximum Gasteiger partial charge on any atom is 0.219 e. The fourth-order valence-corrected chi connectivity index (χ4v) is 2.34. The van der Waals surface area contributed by atoms with Crippen molar-refractivity contribution in [1.29, 1.82) is 0 Å². The van der Waals surface area contributed by atoms with Crippen LogP contribution in [0.1, 0.15) is 27.2 Å². The Balaban J connectivity index is 2.50. The lowest BCUT2D eigenvalue weighted by Gasteiger charge is -2.21. The SMILES string of the molecule is CSOC[C@@H]1C[C@@H](OC(C)C)CN1C(C)=O. The van der Waals surface area contributed by atoms with Crippen molar-refractivity contribution < 1.29 is 13.7 Å². The Labute approximate surface area is 102 Å². The molecular weight excluding hydrogens is 226 g/mol. The van der Waals surface area contributed by atoms with Crippen molar-refractivity contribution in [2.75, 3.05) is 19.4 Å². The predicted molar refractivity (Wildman–Crippen MR) is 65.3 cm³/mol. The number of carbonyl (C=O) groups excluding carboxylic acids is 1. The smallest absolute Gasteiger partial charge is 0.219 e. The first-order chi connectivity index (χ1) is 7.54. The summed E-state index contributed by atoms with van der Waals surface area (Å²) in [5, 5.41) is 0. The van der Waals surface area contributed by atoms with Crippen LogP contribution in [0, 0.1) is 0 Å². The normalized spacial score (nSPS) is 25.4. The van der Waals surface area contributed by atoms with Gasteiger partial charge in [-0.2, -0.15) is 0 Å². The van der Waals surface area contributed by atoms with Gasteiger partial charge >= 0.3 is 0 Å². The second-order valence-electron chi connectivity index (χ2n) is 4.32. The van der Waals surface area contributed by atoms with Crippen LogP contribution in [0.2, 0.25) is 0 Å². The summed E-state index contributed by atoms with van der Waals surface area (Å²) in [6, 6.07) is 0.161. The number of hydrogen-bond acceptors (Lipinski definition) is 4. The summed E-state index contributed by atoms with van der Waals surface area (Å²) in [7, 11) is 0. The van der Waals surface area contributed by atoms with E-state index in [-0.39, 0.29) is 24.2 Å². The third-order valence-corrected chi connectivity index (χ3v) is 3.00. The van der Waals surface area contributed by atoms with Crippen LogP contribution in [0.3, 0.4) is 0 Å². The molecule has 0 spiro atoms. The fraction of sp³-hybridized carbons (Fsp3) is 0.909. The van der Waals surface area contributed by atoms with Crippen molar-refractivity contribution in [3.05, 3.63) is 0 Å². The molecule has 0 aromatic rings. The lowest BCUT2D eigenvalue weighted by molar-refractivity contribution is -0.130. The maximum atomic E-state index is 11.5. The van der Waals surface area contributed by atoms with Crippen LogP contribution in [0.15, 0.2) is 0 Å². The number of rotatable bonds is 5. The summed E-state index contributed by atoms with van der Waals surface area (Å²) in [5.74, 6) is 0.101. The highest BCUT2D eigenvalue weighted by Gasteiger charge is 2.34. The molecule has 5 heteroatoms. The number of nitrogens with zero attached hydrogens (tertiary/aromatic N) is 1. The number of ether oxygens (including phenoxy) is 1. The van der Waals surface area contributed by atoms with Gasteiger partial charge in [-0.05, 0) is 32.3 Å². The molecule has 2 atom stereocenters. The van der Waals surface area contributed by atoms with Gasteiger partial charge in [0.15, 0.2) is 0 Å². The summed E-state index contributed by atoms with van der Waals surface area (Å²) in [5.41, 5.74) is 0. The van der Waals surface area contributed by atoms with Crippen LogP contribution in [0.25, 0.3) is 0 Å². The number of carbonyl (C=O) groups is 1. The van der Waals surface area contributed by atoms with Gasteiger partial charge < -0.3 is 13.8 Å². The molecule has 0 radical (unpaired) electrons. The van der Waals surface area contributed by atoms with E-state index in [2.05, 4.69) is 0 Å². The van der Waals surface area contributed by atoms with E-state index in [4.69, 9.17) is 8.92 Å². The Morgan fingerprint density at radius 3 is 2.75 bits per heavy atom. The molecule has 1 aliphatic heterocycles. The Bertz CT molecular complexity index is 235. The summed E-state index contributed by atoms with van der Waals surface area (Å²) >= 11 is 1.34. The average Bonchev–Trinajstić information content (AvgIpc) is 2.57. The summed E-state index contributed by atoms with van der Waals surface area (Å²) in [6.45, 7) is 6.91. The Hall–Kier alpha value is -0.260. The molecule has 0 aromatic heterocycles. The first-order valence-corrected chi connectivity index (χ1v) is 6.77. The molecule has 0 unspecified atom stereocenters. The largest absolute Gasteiger partial charge is 0.374 e. The van der Waals surface area contributed by atoms with Crippen molar-refractivity contribution >= 4 is 17.9 Å². The van der Waals surface area contributed by atoms with Gasteiger partial charge in [-0.1, -0.05) is 0 Å².